The predicted molar refractivity (Wildman–Crippen MR) is 55.0 cm³/mol. The maximum atomic E-state index is 11.4. The van der Waals surface area contributed by atoms with E-state index in [4.69, 9.17) is 5.73 Å². The Morgan fingerprint density at radius 1 is 1.47 bits per heavy atom. The highest BCUT2D eigenvalue weighted by Crippen LogP contribution is 2.00. The average Bonchev–Trinajstić information content (AvgIpc) is 2.26. The van der Waals surface area contributed by atoms with E-state index in [1.165, 1.54) is 19.3 Å². The van der Waals surface area contributed by atoms with Crippen LogP contribution in [-0.2, 0) is 4.79 Å². The van der Waals surface area contributed by atoms with Crippen molar-refractivity contribution in [3.63, 3.8) is 0 Å². The van der Waals surface area contributed by atoms with Crippen LogP contribution in [0.1, 0.15) is 10.5 Å². The highest BCUT2D eigenvalue weighted by atomic mass is 16.2. The van der Waals surface area contributed by atoms with Crippen molar-refractivity contribution in [2.75, 3.05) is 19.3 Å². The van der Waals surface area contributed by atoms with Gasteiger partial charge in [-0.25, -0.2) is 4.98 Å². The molecule has 1 heterocycles. The molecule has 0 saturated carbocycles. The summed E-state index contributed by atoms with van der Waals surface area (Å²) in [6.07, 6.45) is 1.38. The summed E-state index contributed by atoms with van der Waals surface area (Å²) in [5, 5.41) is 4.80. The minimum atomic E-state index is -0.404. The average molecular weight is 208 g/mol. The molecule has 2 amide bonds. The van der Waals surface area contributed by atoms with Crippen molar-refractivity contribution in [1.29, 1.82) is 0 Å². The van der Waals surface area contributed by atoms with E-state index in [0.717, 1.165) is 0 Å². The molecular formula is C9H12N4O2. The number of nitrogen functional groups attached to an aromatic ring is 1. The summed E-state index contributed by atoms with van der Waals surface area (Å²) in [5.41, 5.74) is 6.13. The lowest BCUT2D eigenvalue weighted by molar-refractivity contribution is -0.119. The lowest BCUT2D eigenvalue weighted by Crippen LogP contribution is -2.35. The standard InChI is InChI=1S/C9H12N4O2/c1-11-8(14)5-13-9(15)7-3-2-6(10)4-12-7/h2-4H,5,10H2,1H3,(H,11,14)(H,13,15). The summed E-state index contributed by atoms with van der Waals surface area (Å²) in [7, 11) is 1.50. The highest BCUT2D eigenvalue weighted by molar-refractivity contribution is 5.94. The number of hydrogen-bond acceptors (Lipinski definition) is 4. The van der Waals surface area contributed by atoms with Crippen molar-refractivity contribution < 1.29 is 9.59 Å². The molecule has 1 aromatic heterocycles. The molecule has 1 rings (SSSR count). The first kappa shape index (κ1) is 11.0. The van der Waals surface area contributed by atoms with Gasteiger partial charge < -0.3 is 16.4 Å². The second-order valence-electron chi connectivity index (χ2n) is 2.83. The van der Waals surface area contributed by atoms with Crippen LogP contribution >= 0.6 is 0 Å². The van der Waals surface area contributed by atoms with Crippen molar-refractivity contribution >= 4 is 17.5 Å². The second kappa shape index (κ2) is 4.94. The number of nitrogens with two attached hydrogens (primary N) is 1. The Labute approximate surface area is 86.9 Å². The number of rotatable bonds is 3. The molecule has 0 radical (unpaired) electrons. The molecule has 80 valence electrons. The monoisotopic (exact) mass is 208 g/mol. The zero-order valence-electron chi connectivity index (χ0n) is 8.28. The fourth-order valence-corrected chi connectivity index (χ4v) is 0.879. The zero-order valence-corrected chi connectivity index (χ0v) is 8.28. The zero-order chi connectivity index (χ0) is 11.3. The molecule has 6 nitrogen and oxygen atoms in total. The number of likely N-dealkylation sites (N-methyl/N-ethyl adjacent to an activating group) is 1. The van der Waals surface area contributed by atoms with Crippen LogP contribution in [0.2, 0.25) is 0 Å². The number of amides is 2. The largest absolute Gasteiger partial charge is 0.397 e. The van der Waals surface area contributed by atoms with Crippen molar-refractivity contribution in [2.24, 2.45) is 0 Å². The molecule has 0 saturated heterocycles. The minimum Gasteiger partial charge on any atom is -0.397 e. The Balaban J connectivity index is 2.54. The molecule has 0 aliphatic carbocycles. The third kappa shape index (κ3) is 3.26. The summed E-state index contributed by atoms with van der Waals surface area (Å²) in [6, 6.07) is 3.07. The number of nitrogens with one attached hydrogen (secondary N) is 2. The van der Waals surface area contributed by atoms with Gasteiger partial charge in [0.2, 0.25) is 5.91 Å². The van der Waals surface area contributed by atoms with Crippen molar-refractivity contribution in [1.82, 2.24) is 15.6 Å². The van der Waals surface area contributed by atoms with Crippen molar-refractivity contribution in [2.45, 2.75) is 0 Å². The van der Waals surface area contributed by atoms with E-state index in [1.807, 2.05) is 0 Å². The van der Waals surface area contributed by atoms with Gasteiger partial charge in [0, 0.05) is 7.05 Å². The predicted octanol–water partition coefficient (Wildman–Crippen LogP) is -0.860. The van der Waals surface area contributed by atoms with E-state index >= 15 is 0 Å². The Morgan fingerprint density at radius 2 is 2.20 bits per heavy atom. The number of anilines is 1. The van der Waals surface area contributed by atoms with Crippen LogP contribution in [0.4, 0.5) is 5.69 Å². The van der Waals surface area contributed by atoms with E-state index in [-0.39, 0.29) is 18.1 Å². The van der Waals surface area contributed by atoms with Crippen LogP contribution in [0.5, 0.6) is 0 Å². The maximum Gasteiger partial charge on any atom is 0.270 e. The molecular weight excluding hydrogens is 196 g/mol. The molecule has 1 aromatic rings. The number of nitrogens with zero attached hydrogens (tertiary/aromatic N) is 1. The molecule has 4 N–H and O–H groups in total. The highest BCUT2D eigenvalue weighted by Gasteiger charge is 2.07. The number of pyridine rings is 1. The van der Waals surface area contributed by atoms with Crippen molar-refractivity contribution in [3.05, 3.63) is 24.0 Å². The van der Waals surface area contributed by atoms with Gasteiger partial charge in [0.05, 0.1) is 18.4 Å². The van der Waals surface area contributed by atoms with Gasteiger partial charge in [-0.15, -0.1) is 0 Å². The SMILES string of the molecule is CNC(=O)CNC(=O)c1ccc(N)cn1. The molecule has 15 heavy (non-hydrogen) atoms. The van der Waals surface area contributed by atoms with Gasteiger partial charge in [-0.2, -0.15) is 0 Å². The van der Waals surface area contributed by atoms with Gasteiger partial charge in [0.15, 0.2) is 0 Å². The molecule has 0 spiro atoms. The first-order valence-electron chi connectivity index (χ1n) is 4.34. The number of carbonyl (C=O) groups excluding carboxylic acids is 2. The third-order valence-corrected chi connectivity index (χ3v) is 1.71. The number of aromatic nitrogens is 1. The first-order valence-corrected chi connectivity index (χ1v) is 4.34. The van der Waals surface area contributed by atoms with Gasteiger partial charge >= 0.3 is 0 Å². The van der Waals surface area contributed by atoms with Gasteiger partial charge in [-0.3, -0.25) is 9.59 Å². The quantitative estimate of drug-likeness (QED) is 0.602. The fraction of sp³-hybridized carbons (Fsp3) is 0.222. The fourth-order valence-electron chi connectivity index (χ4n) is 0.879. The maximum absolute atomic E-state index is 11.4. The molecule has 0 unspecified atom stereocenters. The molecule has 6 heteroatoms. The van der Waals surface area contributed by atoms with Gasteiger partial charge in [-0.1, -0.05) is 0 Å². The number of carbonyl (C=O) groups is 2. The van der Waals surface area contributed by atoms with Crippen molar-refractivity contribution in [3.8, 4) is 0 Å². The summed E-state index contributed by atoms with van der Waals surface area (Å²) in [6.45, 7) is -0.0681. The molecule has 0 aromatic carbocycles. The van der Waals surface area contributed by atoms with Crippen LogP contribution < -0.4 is 16.4 Å². The van der Waals surface area contributed by atoms with Gasteiger partial charge in [-0.05, 0) is 12.1 Å². The normalized spacial score (nSPS) is 9.40. The minimum absolute atomic E-state index is 0.0681. The molecule has 0 fully saturated rings. The first-order chi connectivity index (χ1) is 7.13. The van der Waals surface area contributed by atoms with Gasteiger partial charge in [0.25, 0.3) is 5.91 Å². The van der Waals surface area contributed by atoms with E-state index in [1.54, 1.807) is 6.07 Å². The summed E-state index contributed by atoms with van der Waals surface area (Å²) in [4.78, 5) is 26.0. The lowest BCUT2D eigenvalue weighted by Gasteiger charge is -2.03. The summed E-state index contributed by atoms with van der Waals surface area (Å²) < 4.78 is 0. The van der Waals surface area contributed by atoms with Crippen LogP contribution in [0, 0.1) is 0 Å². The summed E-state index contributed by atoms with van der Waals surface area (Å²) >= 11 is 0. The molecule has 0 bridgehead atoms. The Morgan fingerprint density at radius 3 is 2.73 bits per heavy atom. The molecule has 0 aliphatic rings. The van der Waals surface area contributed by atoms with E-state index in [0.29, 0.717) is 5.69 Å². The van der Waals surface area contributed by atoms with Crippen LogP contribution in [0.25, 0.3) is 0 Å². The lowest BCUT2D eigenvalue weighted by atomic mass is 10.3. The second-order valence-corrected chi connectivity index (χ2v) is 2.83. The van der Waals surface area contributed by atoms with Crippen LogP contribution in [0.15, 0.2) is 18.3 Å². The third-order valence-electron chi connectivity index (χ3n) is 1.71. The topological polar surface area (TPSA) is 97.1 Å². The van der Waals surface area contributed by atoms with E-state index in [2.05, 4.69) is 15.6 Å². The van der Waals surface area contributed by atoms with E-state index in [9.17, 15) is 9.59 Å². The Bertz CT molecular complexity index is 361. The van der Waals surface area contributed by atoms with Gasteiger partial charge in [0.1, 0.15) is 5.69 Å². The molecule has 0 atom stereocenters. The van der Waals surface area contributed by atoms with Crippen LogP contribution in [0.3, 0.4) is 0 Å². The summed E-state index contributed by atoms with van der Waals surface area (Å²) in [5.74, 6) is -0.669. The van der Waals surface area contributed by atoms with Crippen LogP contribution in [-0.4, -0.2) is 30.4 Å². The molecule has 0 aliphatic heterocycles. The Hall–Kier alpha value is -2.11. The van der Waals surface area contributed by atoms with E-state index < -0.39 is 5.91 Å². The Kier molecular flexibility index (Phi) is 3.61. The number of hydrogen-bond donors (Lipinski definition) is 3. The smallest absolute Gasteiger partial charge is 0.270 e.